The first kappa shape index (κ1) is 19.3. The highest BCUT2D eigenvalue weighted by atomic mass is 19.1. The van der Waals surface area contributed by atoms with E-state index in [9.17, 15) is 14.0 Å². The summed E-state index contributed by atoms with van der Waals surface area (Å²) >= 11 is 0. The smallest absolute Gasteiger partial charge is 0.363 e. The third-order valence-electron chi connectivity index (χ3n) is 4.36. The average molecular weight is 401 g/mol. The number of cyclic esters (lactones) is 1. The fourth-order valence-corrected chi connectivity index (χ4v) is 2.85. The first-order valence-corrected chi connectivity index (χ1v) is 9.15. The van der Waals surface area contributed by atoms with E-state index in [0.717, 1.165) is 5.56 Å². The topological polar surface area (TPSA) is 65.0 Å². The van der Waals surface area contributed by atoms with Gasteiger partial charge in [-0.3, -0.25) is 0 Å². The van der Waals surface area contributed by atoms with Gasteiger partial charge in [0.15, 0.2) is 5.70 Å². The minimum Gasteiger partial charge on any atom is -0.423 e. The maximum atomic E-state index is 13.1. The molecule has 6 heteroatoms. The number of rotatable bonds is 4. The van der Waals surface area contributed by atoms with E-state index in [-0.39, 0.29) is 17.4 Å². The lowest BCUT2D eigenvalue weighted by Crippen LogP contribution is -2.08. The van der Waals surface area contributed by atoms with Crippen molar-refractivity contribution in [2.24, 2.45) is 4.99 Å². The first-order chi connectivity index (χ1) is 14.5. The molecule has 1 aliphatic rings. The number of aliphatic imine (C=N–C) groups is 1. The van der Waals surface area contributed by atoms with Crippen molar-refractivity contribution >= 4 is 23.9 Å². The number of carbonyl (C=O) groups excluding carboxylic acids is 2. The number of benzene rings is 3. The number of nitrogens with zero attached hydrogens (tertiary/aromatic N) is 1. The Morgan fingerprint density at radius 2 is 1.77 bits per heavy atom. The van der Waals surface area contributed by atoms with Crippen LogP contribution in [0, 0.1) is 12.7 Å². The molecule has 5 nitrogen and oxygen atoms in total. The Kier molecular flexibility index (Phi) is 5.22. The van der Waals surface area contributed by atoms with Crippen molar-refractivity contribution in [3.63, 3.8) is 0 Å². The SMILES string of the molecule is Cc1cccc(C(=O)Oc2ccc(/C=C3/N=C(c4ccc(F)cc4)OC3=O)cc2)c1. The fraction of sp³-hybridized carbons (Fsp3) is 0.0417. The molecule has 0 radical (unpaired) electrons. The molecule has 0 aromatic heterocycles. The fourth-order valence-electron chi connectivity index (χ4n) is 2.85. The molecule has 0 N–H and O–H groups in total. The number of ether oxygens (including phenoxy) is 2. The van der Waals surface area contributed by atoms with Crippen molar-refractivity contribution in [3.05, 3.63) is 107 Å². The van der Waals surface area contributed by atoms with Gasteiger partial charge in [0.25, 0.3) is 0 Å². The summed E-state index contributed by atoms with van der Waals surface area (Å²) in [6, 6.07) is 19.3. The standard InChI is InChI=1S/C24H16FNO4/c1-15-3-2-4-18(13-15)23(27)29-20-11-5-16(6-12-20)14-21-24(28)30-22(26-21)17-7-9-19(25)10-8-17/h2-14H,1H3/b21-14+. The summed E-state index contributed by atoms with van der Waals surface area (Å²) in [4.78, 5) is 28.5. The van der Waals surface area contributed by atoms with E-state index in [1.807, 2.05) is 13.0 Å². The second-order valence-electron chi connectivity index (χ2n) is 6.67. The normalized spacial score (nSPS) is 14.4. The maximum absolute atomic E-state index is 13.1. The third-order valence-corrected chi connectivity index (χ3v) is 4.36. The zero-order chi connectivity index (χ0) is 21.1. The molecular formula is C24H16FNO4. The number of aryl methyl sites for hydroxylation is 1. The second-order valence-corrected chi connectivity index (χ2v) is 6.67. The molecule has 0 unspecified atom stereocenters. The molecule has 0 saturated carbocycles. The van der Waals surface area contributed by atoms with Crippen LogP contribution in [0.5, 0.6) is 5.75 Å². The van der Waals surface area contributed by atoms with E-state index >= 15 is 0 Å². The van der Waals surface area contributed by atoms with Crippen molar-refractivity contribution in [1.29, 1.82) is 0 Å². The summed E-state index contributed by atoms with van der Waals surface area (Å²) < 4.78 is 23.6. The van der Waals surface area contributed by atoms with Gasteiger partial charge in [-0.05, 0) is 67.1 Å². The van der Waals surface area contributed by atoms with Crippen molar-refractivity contribution < 1.29 is 23.5 Å². The summed E-state index contributed by atoms with van der Waals surface area (Å²) in [5.41, 5.74) is 2.75. The van der Waals surface area contributed by atoms with Crippen molar-refractivity contribution in [2.75, 3.05) is 0 Å². The van der Waals surface area contributed by atoms with Crippen molar-refractivity contribution in [2.45, 2.75) is 6.92 Å². The Morgan fingerprint density at radius 1 is 1.03 bits per heavy atom. The van der Waals surface area contributed by atoms with Crippen LogP contribution in [-0.2, 0) is 9.53 Å². The maximum Gasteiger partial charge on any atom is 0.363 e. The van der Waals surface area contributed by atoms with Crippen molar-refractivity contribution in [1.82, 2.24) is 0 Å². The minimum absolute atomic E-state index is 0.120. The van der Waals surface area contributed by atoms with Gasteiger partial charge in [0, 0.05) is 5.56 Å². The number of esters is 2. The largest absolute Gasteiger partial charge is 0.423 e. The molecule has 0 amide bonds. The highest BCUT2D eigenvalue weighted by Gasteiger charge is 2.24. The van der Waals surface area contributed by atoms with Crippen LogP contribution in [-0.4, -0.2) is 17.8 Å². The molecule has 3 aromatic rings. The molecule has 30 heavy (non-hydrogen) atoms. The molecule has 0 fully saturated rings. The number of carbonyl (C=O) groups is 2. The van der Waals surface area contributed by atoms with Crippen LogP contribution in [0.1, 0.15) is 27.0 Å². The molecule has 0 saturated heterocycles. The zero-order valence-electron chi connectivity index (χ0n) is 16.0. The summed E-state index contributed by atoms with van der Waals surface area (Å²) in [5.74, 6) is -0.923. The lowest BCUT2D eigenvalue weighted by atomic mass is 10.1. The minimum atomic E-state index is -0.593. The molecule has 1 aliphatic heterocycles. The summed E-state index contributed by atoms with van der Waals surface area (Å²) in [6.45, 7) is 1.90. The van der Waals surface area contributed by atoms with E-state index < -0.39 is 11.9 Å². The quantitative estimate of drug-likeness (QED) is 0.361. The van der Waals surface area contributed by atoms with Crippen molar-refractivity contribution in [3.8, 4) is 5.75 Å². The van der Waals surface area contributed by atoms with Gasteiger partial charge < -0.3 is 9.47 Å². The van der Waals surface area contributed by atoms with Crippen LogP contribution in [0.4, 0.5) is 4.39 Å². The Morgan fingerprint density at radius 3 is 2.47 bits per heavy atom. The van der Waals surface area contributed by atoms with Crippen LogP contribution in [0.25, 0.3) is 6.08 Å². The van der Waals surface area contributed by atoms with Gasteiger partial charge in [-0.25, -0.2) is 19.0 Å². The zero-order valence-corrected chi connectivity index (χ0v) is 16.0. The van der Waals surface area contributed by atoms with Crippen LogP contribution in [0.3, 0.4) is 0 Å². The van der Waals surface area contributed by atoms with E-state index in [1.165, 1.54) is 24.3 Å². The van der Waals surface area contributed by atoms with Crippen LogP contribution in [0.15, 0.2) is 83.5 Å². The lowest BCUT2D eigenvalue weighted by molar-refractivity contribution is -0.129. The van der Waals surface area contributed by atoms with Crippen LogP contribution < -0.4 is 4.74 Å². The first-order valence-electron chi connectivity index (χ1n) is 9.15. The number of hydrogen-bond acceptors (Lipinski definition) is 5. The van der Waals surface area contributed by atoms with Crippen LogP contribution in [0.2, 0.25) is 0 Å². The lowest BCUT2D eigenvalue weighted by Gasteiger charge is -2.05. The summed E-state index contributed by atoms with van der Waals surface area (Å²) in [6.07, 6.45) is 1.56. The number of halogens is 1. The van der Waals surface area contributed by atoms with Crippen LogP contribution >= 0.6 is 0 Å². The molecule has 0 spiro atoms. The Bertz CT molecular complexity index is 1180. The van der Waals surface area contributed by atoms with Gasteiger partial charge in [0.05, 0.1) is 5.56 Å². The molecule has 4 rings (SSSR count). The second kappa shape index (κ2) is 8.13. The highest BCUT2D eigenvalue weighted by molar-refractivity contribution is 6.12. The molecule has 0 atom stereocenters. The molecule has 0 aliphatic carbocycles. The molecule has 0 bridgehead atoms. The summed E-state index contributed by atoms with van der Waals surface area (Å²) in [5, 5.41) is 0. The average Bonchev–Trinajstić information content (AvgIpc) is 3.10. The Balaban J connectivity index is 1.48. The molecule has 148 valence electrons. The monoisotopic (exact) mass is 401 g/mol. The number of hydrogen-bond donors (Lipinski definition) is 0. The molecule has 1 heterocycles. The third kappa shape index (κ3) is 4.33. The molecular weight excluding hydrogens is 385 g/mol. The van der Waals surface area contributed by atoms with Gasteiger partial charge in [0.2, 0.25) is 5.90 Å². The highest BCUT2D eigenvalue weighted by Crippen LogP contribution is 2.21. The van der Waals surface area contributed by atoms with E-state index in [0.29, 0.717) is 22.4 Å². The van der Waals surface area contributed by atoms with Gasteiger partial charge in [-0.1, -0.05) is 29.8 Å². The predicted octanol–water partition coefficient (Wildman–Crippen LogP) is 4.70. The van der Waals surface area contributed by atoms with Gasteiger partial charge in [-0.2, -0.15) is 0 Å². The van der Waals surface area contributed by atoms with Gasteiger partial charge in [-0.15, -0.1) is 0 Å². The van der Waals surface area contributed by atoms with E-state index in [1.54, 1.807) is 48.5 Å². The van der Waals surface area contributed by atoms with E-state index in [4.69, 9.17) is 9.47 Å². The predicted molar refractivity (Wildman–Crippen MR) is 110 cm³/mol. The summed E-state index contributed by atoms with van der Waals surface area (Å²) in [7, 11) is 0. The van der Waals surface area contributed by atoms with Gasteiger partial charge in [0.1, 0.15) is 11.6 Å². The Labute approximate surface area is 172 Å². The Hall–Kier alpha value is -4.06. The van der Waals surface area contributed by atoms with E-state index in [2.05, 4.69) is 4.99 Å². The molecule has 3 aromatic carbocycles. The van der Waals surface area contributed by atoms with Gasteiger partial charge >= 0.3 is 11.9 Å².